The standard InChI is InChI=1S/C12H11N5O2S/c18-12(19)9-3-8-10(14-5-15-11(8)17-9)13-2-1-7-4-20-6-16-7/h3-6H,1-2H2,(H,18,19)(H2,13,14,15,17). The van der Waals surface area contributed by atoms with Crippen LogP contribution in [0.2, 0.25) is 0 Å². The number of carboxylic acid groups (broad SMARTS) is 1. The van der Waals surface area contributed by atoms with Gasteiger partial charge in [-0.1, -0.05) is 0 Å². The van der Waals surface area contributed by atoms with E-state index in [1.165, 1.54) is 12.4 Å². The molecule has 8 heteroatoms. The highest BCUT2D eigenvalue weighted by molar-refractivity contribution is 7.07. The Bertz CT molecular complexity index is 737. The van der Waals surface area contributed by atoms with Crippen LogP contribution in [0.1, 0.15) is 16.2 Å². The summed E-state index contributed by atoms with van der Waals surface area (Å²) in [5.74, 6) is -0.398. The summed E-state index contributed by atoms with van der Waals surface area (Å²) >= 11 is 1.56. The first-order chi connectivity index (χ1) is 9.74. The van der Waals surface area contributed by atoms with Gasteiger partial charge in [0.25, 0.3) is 0 Å². The average Bonchev–Trinajstić information content (AvgIpc) is 3.07. The lowest BCUT2D eigenvalue weighted by Crippen LogP contribution is -2.06. The Morgan fingerprint density at radius 3 is 3.05 bits per heavy atom. The van der Waals surface area contributed by atoms with E-state index in [4.69, 9.17) is 5.11 Å². The molecule has 0 bridgehead atoms. The second-order valence-electron chi connectivity index (χ2n) is 4.13. The lowest BCUT2D eigenvalue weighted by Gasteiger charge is -2.04. The fraction of sp³-hybridized carbons (Fsp3) is 0.167. The van der Waals surface area contributed by atoms with Gasteiger partial charge >= 0.3 is 5.97 Å². The molecule has 0 spiro atoms. The van der Waals surface area contributed by atoms with Gasteiger partial charge in [0.1, 0.15) is 23.5 Å². The van der Waals surface area contributed by atoms with Gasteiger partial charge < -0.3 is 15.4 Å². The van der Waals surface area contributed by atoms with Crippen LogP contribution in [-0.4, -0.2) is 37.6 Å². The molecule has 3 aromatic heterocycles. The SMILES string of the molecule is O=C(O)c1cc2c(NCCc3cscn3)ncnc2[nH]1. The van der Waals surface area contributed by atoms with Gasteiger partial charge in [-0.2, -0.15) is 0 Å². The number of nitrogens with zero attached hydrogens (tertiary/aromatic N) is 3. The van der Waals surface area contributed by atoms with E-state index >= 15 is 0 Å². The number of rotatable bonds is 5. The van der Waals surface area contributed by atoms with Crippen molar-refractivity contribution in [3.05, 3.63) is 34.7 Å². The van der Waals surface area contributed by atoms with E-state index in [1.807, 2.05) is 5.38 Å². The highest BCUT2D eigenvalue weighted by atomic mass is 32.1. The Kier molecular flexibility index (Phi) is 3.30. The van der Waals surface area contributed by atoms with E-state index in [9.17, 15) is 4.79 Å². The molecule has 0 saturated carbocycles. The largest absolute Gasteiger partial charge is 0.477 e. The third-order valence-corrected chi connectivity index (χ3v) is 3.45. The van der Waals surface area contributed by atoms with Crippen molar-refractivity contribution in [2.75, 3.05) is 11.9 Å². The fourth-order valence-corrected chi connectivity index (χ4v) is 2.46. The second-order valence-corrected chi connectivity index (χ2v) is 4.85. The van der Waals surface area contributed by atoms with Crippen molar-refractivity contribution in [1.82, 2.24) is 19.9 Å². The highest BCUT2D eigenvalue weighted by Gasteiger charge is 2.11. The van der Waals surface area contributed by atoms with Gasteiger partial charge in [-0.15, -0.1) is 11.3 Å². The smallest absolute Gasteiger partial charge is 0.352 e. The molecule has 3 rings (SSSR count). The molecule has 7 nitrogen and oxygen atoms in total. The number of anilines is 1. The molecule has 0 saturated heterocycles. The summed E-state index contributed by atoms with van der Waals surface area (Å²) in [6.07, 6.45) is 2.18. The molecule has 0 radical (unpaired) electrons. The minimum Gasteiger partial charge on any atom is -0.477 e. The third kappa shape index (κ3) is 2.45. The average molecular weight is 289 g/mol. The number of hydrogen-bond donors (Lipinski definition) is 3. The fourth-order valence-electron chi connectivity index (χ4n) is 1.87. The van der Waals surface area contributed by atoms with Crippen molar-refractivity contribution in [2.45, 2.75) is 6.42 Å². The molecule has 0 aromatic carbocycles. The van der Waals surface area contributed by atoms with Gasteiger partial charge in [0, 0.05) is 18.3 Å². The molecule has 0 fully saturated rings. The van der Waals surface area contributed by atoms with E-state index in [1.54, 1.807) is 16.8 Å². The maximum absolute atomic E-state index is 10.9. The van der Waals surface area contributed by atoms with E-state index in [0.717, 1.165) is 12.1 Å². The van der Waals surface area contributed by atoms with Gasteiger partial charge in [-0.25, -0.2) is 19.7 Å². The predicted octanol–water partition coefficient (Wildman–Crippen LogP) is 1.77. The molecule has 0 aliphatic heterocycles. The lowest BCUT2D eigenvalue weighted by molar-refractivity contribution is 0.0691. The van der Waals surface area contributed by atoms with E-state index in [-0.39, 0.29) is 5.69 Å². The topological polar surface area (TPSA) is 104 Å². The van der Waals surface area contributed by atoms with Crippen molar-refractivity contribution in [2.24, 2.45) is 0 Å². The number of aromatic amines is 1. The minimum absolute atomic E-state index is 0.100. The van der Waals surface area contributed by atoms with Crippen LogP contribution in [0, 0.1) is 0 Å². The zero-order valence-corrected chi connectivity index (χ0v) is 11.1. The van der Waals surface area contributed by atoms with Crippen LogP contribution in [0.4, 0.5) is 5.82 Å². The first-order valence-electron chi connectivity index (χ1n) is 5.92. The molecule has 3 heterocycles. The third-order valence-electron chi connectivity index (χ3n) is 2.81. The lowest BCUT2D eigenvalue weighted by atomic mass is 10.3. The van der Waals surface area contributed by atoms with Crippen molar-refractivity contribution in [3.63, 3.8) is 0 Å². The molecule has 20 heavy (non-hydrogen) atoms. The Morgan fingerprint density at radius 1 is 1.40 bits per heavy atom. The molecule has 3 aromatic rings. The number of aromatic nitrogens is 4. The maximum atomic E-state index is 10.9. The van der Waals surface area contributed by atoms with Gasteiger partial charge in [0.2, 0.25) is 0 Å². The highest BCUT2D eigenvalue weighted by Crippen LogP contribution is 2.20. The van der Waals surface area contributed by atoms with Crippen LogP contribution in [0.25, 0.3) is 11.0 Å². The summed E-state index contributed by atoms with van der Waals surface area (Å²) in [6, 6.07) is 1.53. The van der Waals surface area contributed by atoms with E-state index < -0.39 is 5.97 Å². The summed E-state index contributed by atoms with van der Waals surface area (Å²) in [6.45, 7) is 0.670. The second kappa shape index (κ2) is 5.25. The molecular formula is C12H11N5O2S. The molecule has 0 unspecified atom stereocenters. The van der Waals surface area contributed by atoms with Crippen LogP contribution in [-0.2, 0) is 6.42 Å². The first kappa shape index (κ1) is 12.5. The van der Waals surface area contributed by atoms with Crippen LogP contribution >= 0.6 is 11.3 Å². The van der Waals surface area contributed by atoms with E-state index in [2.05, 4.69) is 25.3 Å². The number of H-pyrrole nitrogens is 1. The van der Waals surface area contributed by atoms with Crippen LogP contribution in [0.15, 0.2) is 23.3 Å². The zero-order valence-electron chi connectivity index (χ0n) is 10.3. The summed E-state index contributed by atoms with van der Waals surface area (Å²) in [4.78, 5) is 26.0. The van der Waals surface area contributed by atoms with Crippen molar-refractivity contribution in [3.8, 4) is 0 Å². The molecule has 0 amide bonds. The summed E-state index contributed by atoms with van der Waals surface area (Å²) in [7, 11) is 0. The van der Waals surface area contributed by atoms with Crippen molar-refractivity contribution < 1.29 is 9.90 Å². The summed E-state index contributed by atoms with van der Waals surface area (Å²) in [5.41, 5.74) is 3.42. The number of thiazole rings is 1. The minimum atomic E-state index is -1.02. The van der Waals surface area contributed by atoms with Crippen LogP contribution in [0.3, 0.4) is 0 Å². The summed E-state index contributed by atoms with van der Waals surface area (Å²) in [5, 5.41) is 14.8. The monoisotopic (exact) mass is 289 g/mol. The zero-order chi connectivity index (χ0) is 13.9. The molecular weight excluding hydrogens is 278 g/mol. The number of carboxylic acids is 1. The van der Waals surface area contributed by atoms with Gasteiger partial charge in [0.05, 0.1) is 16.6 Å². The van der Waals surface area contributed by atoms with E-state index in [0.29, 0.717) is 23.4 Å². The van der Waals surface area contributed by atoms with Crippen LogP contribution < -0.4 is 5.32 Å². The number of carbonyl (C=O) groups is 1. The Labute approximate surface area is 117 Å². The van der Waals surface area contributed by atoms with Crippen molar-refractivity contribution in [1.29, 1.82) is 0 Å². The molecule has 3 N–H and O–H groups in total. The van der Waals surface area contributed by atoms with Gasteiger partial charge in [-0.3, -0.25) is 0 Å². The predicted molar refractivity (Wildman–Crippen MR) is 75.2 cm³/mol. The summed E-state index contributed by atoms with van der Waals surface area (Å²) < 4.78 is 0. The molecule has 0 atom stereocenters. The Morgan fingerprint density at radius 2 is 2.30 bits per heavy atom. The van der Waals surface area contributed by atoms with Gasteiger partial charge in [0.15, 0.2) is 0 Å². The van der Waals surface area contributed by atoms with Crippen molar-refractivity contribution >= 4 is 34.2 Å². The van der Waals surface area contributed by atoms with Crippen LogP contribution in [0.5, 0.6) is 0 Å². The maximum Gasteiger partial charge on any atom is 0.352 e. The number of nitrogens with one attached hydrogen (secondary N) is 2. The normalized spacial score (nSPS) is 10.8. The quantitative estimate of drug-likeness (QED) is 0.661. The molecule has 0 aliphatic carbocycles. The number of aromatic carboxylic acids is 1. The Hall–Kier alpha value is -2.48. The van der Waals surface area contributed by atoms with Gasteiger partial charge in [-0.05, 0) is 6.07 Å². The number of fused-ring (bicyclic) bond motifs is 1. The Balaban J connectivity index is 1.78. The number of hydrogen-bond acceptors (Lipinski definition) is 6. The molecule has 102 valence electrons. The molecule has 0 aliphatic rings. The first-order valence-corrected chi connectivity index (χ1v) is 6.86.